The number of rotatable bonds is 8. The predicted molar refractivity (Wildman–Crippen MR) is 238 cm³/mol. The number of benzene rings is 5. The summed E-state index contributed by atoms with van der Waals surface area (Å²) in [5.41, 5.74) is 6.06. The van der Waals surface area contributed by atoms with Gasteiger partial charge in [0.15, 0.2) is 8.07 Å². The van der Waals surface area contributed by atoms with Crippen molar-refractivity contribution in [1.82, 2.24) is 0 Å². The fraction of sp³-hybridized carbons (Fsp3) is 0.135. The van der Waals surface area contributed by atoms with Crippen LogP contribution in [0.15, 0.2) is 197 Å². The van der Waals surface area contributed by atoms with E-state index in [4.69, 9.17) is 16.0 Å². The van der Waals surface area contributed by atoms with E-state index >= 15 is 0 Å². The van der Waals surface area contributed by atoms with Gasteiger partial charge in [-0.25, -0.2) is 0 Å². The van der Waals surface area contributed by atoms with Gasteiger partial charge in [-0.15, -0.1) is 0 Å². The maximum atomic E-state index is 6.75. The molecule has 0 saturated carbocycles. The molecule has 2 heterocycles. The SMILES string of the molecule is C=C1/C=C([Si](c2ccccc2)(c2ccccc2)c2ccccc2)\C=C/N(c2cccc(CN=Cc3ccccc3)c2)C2(C)C=c3c4c(oc3=CC12)C(C)CC=C4. The van der Waals surface area contributed by atoms with Crippen LogP contribution in [0.4, 0.5) is 5.69 Å². The molecule has 56 heavy (non-hydrogen) atoms. The lowest BCUT2D eigenvalue weighted by molar-refractivity contribution is 0.436. The molecule has 0 fully saturated rings. The molecule has 3 unspecified atom stereocenters. The van der Waals surface area contributed by atoms with Gasteiger partial charge in [-0.3, -0.25) is 4.99 Å². The summed E-state index contributed by atoms with van der Waals surface area (Å²) in [5.74, 6) is 1.32. The van der Waals surface area contributed by atoms with Crippen molar-refractivity contribution in [3.63, 3.8) is 0 Å². The highest BCUT2D eigenvalue weighted by Gasteiger charge is 2.46. The number of hydrogen-bond acceptors (Lipinski definition) is 3. The molecule has 5 aromatic carbocycles. The maximum Gasteiger partial charge on any atom is 0.179 e. The fourth-order valence-corrected chi connectivity index (χ4v) is 13.9. The lowest BCUT2D eigenvalue weighted by atomic mass is 9.75. The summed E-state index contributed by atoms with van der Waals surface area (Å²) in [5, 5.41) is 6.43. The Morgan fingerprint density at radius 1 is 0.804 bits per heavy atom. The first-order chi connectivity index (χ1) is 27.4. The number of aliphatic imine (C=N–C) groups is 1. The van der Waals surface area contributed by atoms with Gasteiger partial charge in [0.1, 0.15) is 11.2 Å². The second kappa shape index (κ2) is 14.8. The second-order valence-electron chi connectivity index (χ2n) is 15.5. The van der Waals surface area contributed by atoms with Crippen molar-refractivity contribution in [2.75, 3.05) is 4.90 Å². The van der Waals surface area contributed by atoms with E-state index in [1.165, 1.54) is 31.5 Å². The highest BCUT2D eigenvalue weighted by atomic mass is 28.3. The molecule has 1 aliphatic heterocycles. The lowest BCUT2D eigenvalue weighted by Crippen LogP contribution is -2.68. The smallest absolute Gasteiger partial charge is 0.179 e. The summed E-state index contributed by atoms with van der Waals surface area (Å²) in [6.07, 6.45) is 19.4. The molecule has 3 atom stereocenters. The average Bonchev–Trinajstić information content (AvgIpc) is 3.60. The molecule has 0 spiro atoms. The molecule has 0 N–H and O–H groups in total. The Morgan fingerprint density at radius 3 is 2.07 bits per heavy atom. The maximum absolute atomic E-state index is 6.75. The van der Waals surface area contributed by atoms with Crippen LogP contribution >= 0.6 is 0 Å². The Bertz CT molecular complexity index is 2540. The summed E-state index contributed by atoms with van der Waals surface area (Å²) in [4.78, 5) is 7.33. The van der Waals surface area contributed by atoms with Crippen LogP contribution in [0.1, 0.15) is 48.6 Å². The van der Waals surface area contributed by atoms with Crippen LogP contribution in [-0.4, -0.2) is 19.8 Å². The van der Waals surface area contributed by atoms with Crippen LogP contribution in [0, 0.1) is 5.92 Å². The van der Waals surface area contributed by atoms with Gasteiger partial charge in [-0.1, -0.05) is 165 Å². The number of nitrogens with zero attached hydrogens (tertiary/aromatic N) is 2. The minimum Gasteiger partial charge on any atom is -0.460 e. The van der Waals surface area contributed by atoms with Gasteiger partial charge in [0.25, 0.3) is 0 Å². The Morgan fingerprint density at radius 2 is 1.43 bits per heavy atom. The van der Waals surface area contributed by atoms with E-state index in [1.807, 2.05) is 24.4 Å². The van der Waals surface area contributed by atoms with E-state index in [-0.39, 0.29) is 5.92 Å². The molecule has 0 radical (unpaired) electrons. The Hall–Kier alpha value is -6.23. The third-order valence-corrected chi connectivity index (χ3v) is 16.6. The Labute approximate surface area is 331 Å². The van der Waals surface area contributed by atoms with Gasteiger partial charge in [0.2, 0.25) is 0 Å². The number of fused-ring (bicyclic) bond motifs is 4. The molecular formula is C52H46N2OSi. The number of anilines is 1. The topological polar surface area (TPSA) is 28.7 Å². The number of hydrogen-bond donors (Lipinski definition) is 0. The molecule has 0 bridgehead atoms. The molecule has 4 heteroatoms. The minimum atomic E-state index is -2.87. The highest BCUT2D eigenvalue weighted by molar-refractivity contribution is 7.16. The van der Waals surface area contributed by atoms with Crippen LogP contribution in [0.2, 0.25) is 0 Å². The first kappa shape index (κ1) is 35.5. The summed E-state index contributed by atoms with van der Waals surface area (Å²) < 4.78 is 6.75. The van der Waals surface area contributed by atoms with Crippen molar-refractivity contribution in [3.8, 4) is 0 Å². The Balaban J connectivity index is 1.27. The minimum absolute atomic E-state index is 0.0874. The van der Waals surface area contributed by atoms with Crippen LogP contribution < -0.4 is 31.1 Å². The molecule has 9 rings (SSSR count). The van der Waals surface area contributed by atoms with Crippen molar-refractivity contribution in [3.05, 3.63) is 220 Å². The van der Waals surface area contributed by atoms with Crippen molar-refractivity contribution in [2.24, 2.45) is 10.9 Å². The van der Waals surface area contributed by atoms with Crippen molar-refractivity contribution in [2.45, 2.75) is 38.3 Å². The summed E-state index contributed by atoms with van der Waals surface area (Å²) >= 11 is 0. The summed E-state index contributed by atoms with van der Waals surface area (Å²) in [7, 11) is -2.87. The van der Waals surface area contributed by atoms with Crippen LogP contribution in [0.5, 0.6) is 0 Å². The monoisotopic (exact) mass is 742 g/mol. The largest absolute Gasteiger partial charge is 0.460 e. The van der Waals surface area contributed by atoms with E-state index in [1.54, 1.807) is 0 Å². The molecule has 1 aromatic heterocycles. The fourth-order valence-electron chi connectivity index (χ4n) is 9.12. The first-order valence-electron chi connectivity index (χ1n) is 19.7. The zero-order valence-electron chi connectivity index (χ0n) is 32.1. The van der Waals surface area contributed by atoms with Crippen LogP contribution in [0.3, 0.4) is 0 Å². The van der Waals surface area contributed by atoms with Gasteiger partial charge in [-0.2, -0.15) is 0 Å². The highest BCUT2D eigenvalue weighted by Crippen LogP contribution is 2.42. The summed E-state index contributed by atoms with van der Waals surface area (Å²) in [6, 6.07) is 52.5. The molecule has 0 amide bonds. The molecule has 6 aromatic rings. The van der Waals surface area contributed by atoms with E-state index in [2.05, 4.69) is 189 Å². The second-order valence-corrected chi connectivity index (χ2v) is 19.3. The molecule has 274 valence electrons. The van der Waals surface area contributed by atoms with Gasteiger partial charge in [0.05, 0.1) is 12.1 Å². The van der Waals surface area contributed by atoms with Crippen molar-refractivity contribution >= 4 is 53.8 Å². The van der Waals surface area contributed by atoms with E-state index in [0.717, 1.165) is 40.0 Å². The third-order valence-electron chi connectivity index (χ3n) is 11.9. The predicted octanol–water partition coefficient (Wildman–Crippen LogP) is 8.59. The first-order valence-corrected chi connectivity index (χ1v) is 21.7. The average molecular weight is 743 g/mol. The Kier molecular flexibility index (Phi) is 9.36. The van der Waals surface area contributed by atoms with Crippen molar-refractivity contribution in [1.29, 1.82) is 0 Å². The summed E-state index contributed by atoms with van der Waals surface area (Å²) in [6.45, 7) is 10.1. The molecule has 3 aliphatic rings. The molecule has 0 saturated heterocycles. The van der Waals surface area contributed by atoms with Gasteiger partial charge in [0, 0.05) is 40.7 Å². The zero-order valence-corrected chi connectivity index (χ0v) is 33.1. The van der Waals surface area contributed by atoms with Gasteiger partial charge >= 0.3 is 0 Å². The van der Waals surface area contributed by atoms with Crippen LogP contribution in [0.25, 0.3) is 18.2 Å². The van der Waals surface area contributed by atoms with Gasteiger partial charge < -0.3 is 9.32 Å². The van der Waals surface area contributed by atoms with Gasteiger partial charge in [-0.05, 0) is 81.2 Å². The third kappa shape index (κ3) is 6.20. The van der Waals surface area contributed by atoms with E-state index < -0.39 is 13.6 Å². The lowest BCUT2D eigenvalue weighted by Gasteiger charge is -2.46. The molecule has 3 nitrogen and oxygen atoms in total. The number of furan rings is 1. The van der Waals surface area contributed by atoms with E-state index in [9.17, 15) is 0 Å². The van der Waals surface area contributed by atoms with E-state index in [0.29, 0.717) is 12.5 Å². The molecule has 2 aliphatic carbocycles. The normalized spacial score (nSPS) is 21.7. The van der Waals surface area contributed by atoms with Crippen LogP contribution in [-0.2, 0) is 6.54 Å². The molecular weight excluding hydrogens is 697 g/mol. The van der Waals surface area contributed by atoms with Crippen molar-refractivity contribution < 1.29 is 4.42 Å². The standard InChI is InChI=1S/C52H46N2OSi/c1-38-18-16-29-47-48-35-52(3)49(34-50(48)55-51(38)47)39(2)32-46(30-31-54(52)42-22-17-21-41(33-42)37-53-36-40-19-8-4-9-20-40)56(43-23-10-5-11-24-43,44-25-12-6-13-26-44)45-27-14-7-15-28-45/h4-17,19-36,38,49H,2,18,37H2,1,3H3/b31-30-,46-32+,53-36?. The number of allylic oxidation sites excluding steroid dienone is 4. The quantitative estimate of drug-likeness (QED) is 0.0889. The zero-order chi connectivity index (χ0) is 38.1.